The molecule has 1 atom stereocenters. The lowest BCUT2D eigenvalue weighted by atomic mass is 10.0. The highest BCUT2D eigenvalue weighted by atomic mass is 35.5. The number of halogens is 1. The molecule has 3 N–H and O–H groups in total. The fourth-order valence-corrected chi connectivity index (χ4v) is 2.07. The standard InChI is InChI=1S/C14H15ClN2O/c15-13-4-2-1-3-10(13)7-12(18)8-11-9-17-6-5-14(11)16/h1-6,9,12,18H,7-8H2,(H2,16,17). The molecule has 94 valence electrons. The van der Waals surface area contributed by atoms with Gasteiger partial charge in [-0.25, -0.2) is 0 Å². The second kappa shape index (κ2) is 5.85. The van der Waals surface area contributed by atoms with Crippen LogP contribution in [0.15, 0.2) is 42.7 Å². The number of aromatic nitrogens is 1. The maximum Gasteiger partial charge on any atom is 0.0622 e. The normalized spacial score (nSPS) is 12.3. The van der Waals surface area contributed by atoms with E-state index in [1.54, 1.807) is 18.5 Å². The summed E-state index contributed by atoms with van der Waals surface area (Å²) in [6, 6.07) is 9.25. The first kappa shape index (κ1) is 12.9. The zero-order valence-corrected chi connectivity index (χ0v) is 10.6. The second-order valence-corrected chi connectivity index (χ2v) is 4.64. The Morgan fingerprint density at radius 1 is 1.17 bits per heavy atom. The Morgan fingerprint density at radius 2 is 1.89 bits per heavy atom. The summed E-state index contributed by atoms with van der Waals surface area (Å²) in [6.07, 6.45) is 3.79. The molecule has 1 heterocycles. The zero-order chi connectivity index (χ0) is 13.0. The summed E-state index contributed by atoms with van der Waals surface area (Å²) >= 11 is 6.05. The van der Waals surface area contributed by atoms with Crippen molar-refractivity contribution in [1.82, 2.24) is 4.98 Å². The molecule has 1 aromatic carbocycles. The van der Waals surface area contributed by atoms with Gasteiger partial charge in [-0.15, -0.1) is 0 Å². The molecule has 0 fully saturated rings. The van der Waals surface area contributed by atoms with Crippen molar-refractivity contribution < 1.29 is 5.11 Å². The van der Waals surface area contributed by atoms with Gasteiger partial charge < -0.3 is 10.8 Å². The Bertz CT molecular complexity index is 483. The van der Waals surface area contributed by atoms with Gasteiger partial charge in [0.25, 0.3) is 0 Å². The molecule has 2 rings (SSSR count). The van der Waals surface area contributed by atoms with E-state index in [1.807, 2.05) is 24.3 Å². The molecule has 1 aromatic heterocycles. The van der Waals surface area contributed by atoms with Crippen LogP contribution in [0.1, 0.15) is 11.1 Å². The molecule has 0 spiro atoms. The van der Waals surface area contributed by atoms with Crippen LogP contribution in [0.4, 0.5) is 5.69 Å². The maximum absolute atomic E-state index is 10.1. The molecule has 0 saturated carbocycles. The number of nitrogens with zero attached hydrogens (tertiary/aromatic N) is 1. The summed E-state index contributed by atoms with van der Waals surface area (Å²) in [6.45, 7) is 0. The predicted molar refractivity (Wildman–Crippen MR) is 73.5 cm³/mol. The van der Waals surface area contributed by atoms with Crippen LogP contribution in [0.5, 0.6) is 0 Å². The number of nitrogens with two attached hydrogens (primary N) is 1. The minimum absolute atomic E-state index is 0.477. The smallest absolute Gasteiger partial charge is 0.0622 e. The number of hydrogen-bond acceptors (Lipinski definition) is 3. The Morgan fingerprint density at radius 3 is 2.61 bits per heavy atom. The first-order chi connectivity index (χ1) is 8.66. The molecule has 18 heavy (non-hydrogen) atoms. The molecule has 0 aliphatic heterocycles. The summed E-state index contributed by atoms with van der Waals surface area (Å²) in [7, 11) is 0. The van der Waals surface area contributed by atoms with E-state index in [9.17, 15) is 5.11 Å². The fourth-order valence-electron chi connectivity index (χ4n) is 1.85. The summed E-state index contributed by atoms with van der Waals surface area (Å²) in [4.78, 5) is 4.01. The molecule has 0 saturated heterocycles. The van der Waals surface area contributed by atoms with Crippen LogP contribution in [-0.2, 0) is 12.8 Å². The van der Waals surface area contributed by atoms with E-state index in [-0.39, 0.29) is 0 Å². The van der Waals surface area contributed by atoms with E-state index in [0.29, 0.717) is 23.6 Å². The molecule has 4 heteroatoms. The van der Waals surface area contributed by atoms with E-state index in [1.165, 1.54) is 0 Å². The van der Waals surface area contributed by atoms with Crippen molar-refractivity contribution >= 4 is 17.3 Å². The highest BCUT2D eigenvalue weighted by molar-refractivity contribution is 6.31. The lowest BCUT2D eigenvalue weighted by molar-refractivity contribution is 0.175. The minimum atomic E-state index is -0.517. The van der Waals surface area contributed by atoms with Crippen molar-refractivity contribution in [1.29, 1.82) is 0 Å². The molecule has 3 nitrogen and oxygen atoms in total. The Labute approximate surface area is 111 Å². The van der Waals surface area contributed by atoms with Gasteiger partial charge in [0.05, 0.1) is 6.10 Å². The van der Waals surface area contributed by atoms with Crippen molar-refractivity contribution in [3.63, 3.8) is 0 Å². The van der Waals surface area contributed by atoms with Gasteiger partial charge in [-0.05, 0) is 23.3 Å². The fraction of sp³-hybridized carbons (Fsp3) is 0.214. The van der Waals surface area contributed by atoms with Crippen molar-refractivity contribution in [2.45, 2.75) is 18.9 Å². The highest BCUT2D eigenvalue weighted by Gasteiger charge is 2.10. The largest absolute Gasteiger partial charge is 0.398 e. The second-order valence-electron chi connectivity index (χ2n) is 4.23. The Kier molecular flexibility index (Phi) is 4.18. The number of hydrogen-bond donors (Lipinski definition) is 2. The van der Waals surface area contributed by atoms with Crippen LogP contribution in [-0.4, -0.2) is 16.2 Å². The van der Waals surface area contributed by atoms with Gasteiger partial charge in [0.2, 0.25) is 0 Å². The SMILES string of the molecule is Nc1ccncc1CC(O)Cc1ccccc1Cl. The van der Waals surface area contributed by atoms with E-state index in [0.717, 1.165) is 11.1 Å². The third-order valence-electron chi connectivity index (χ3n) is 2.81. The van der Waals surface area contributed by atoms with E-state index in [4.69, 9.17) is 17.3 Å². The topological polar surface area (TPSA) is 59.1 Å². The molecule has 0 aliphatic carbocycles. The summed E-state index contributed by atoms with van der Waals surface area (Å²) in [5.74, 6) is 0. The van der Waals surface area contributed by atoms with Gasteiger partial charge in [0.1, 0.15) is 0 Å². The number of pyridine rings is 1. The molecule has 0 aliphatic rings. The predicted octanol–water partition coefficient (Wildman–Crippen LogP) is 2.46. The highest BCUT2D eigenvalue weighted by Crippen LogP contribution is 2.19. The number of benzene rings is 1. The Hall–Kier alpha value is -1.58. The molecule has 2 aromatic rings. The molecule has 0 bridgehead atoms. The van der Waals surface area contributed by atoms with Gasteiger partial charge in [-0.2, -0.15) is 0 Å². The van der Waals surface area contributed by atoms with Crippen LogP contribution in [0.3, 0.4) is 0 Å². The van der Waals surface area contributed by atoms with E-state index in [2.05, 4.69) is 4.98 Å². The number of aliphatic hydroxyl groups excluding tert-OH is 1. The number of aliphatic hydroxyl groups is 1. The number of anilines is 1. The van der Waals surface area contributed by atoms with Crippen LogP contribution in [0.25, 0.3) is 0 Å². The van der Waals surface area contributed by atoms with Gasteiger partial charge in [-0.1, -0.05) is 29.8 Å². The van der Waals surface area contributed by atoms with Crippen molar-refractivity contribution in [3.8, 4) is 0 Å². The lowest BCUT2D eigenvalue weighted by Gasteiger charge is -2.12. The average molecular weight is 263 g/mol. The number of rotatable bonds is 4. The average Bonchev–Trinajstić information content (AvgIpc) is 2.35. The lowest BCUT2D eigenvalue weighted by Crippen LogP contribution is -2.15. The molecule has 0 amide bonds. The van der Waals surface area contributed by atoms with Gasteiger partial charge in [-0.3, -0.25) is 4.98 Å². The monoisotopic (exact) mass is 262 g/mol. The quantitative estimate of drug-likeness (QED) is 0.890. The van der Waals surface area contributed by atoms with Gasteiger partial charge >= 0.3 is 0 Å². The molecule has 0 radical (unpaired) electrons. The van der Waals surface area contributed by atoms with E-state index < -0.39 is 6.10 Å². The molecule has 1 unspecified atom stereocenters. The maximum atomic E-state index is 10.1. The molecular formula is C14H15ClN2O. The zero-order valence-electron chi connectivity index (χ0n) is 9.88. The number of nitrogen functional groups attached to an aromatic ring is 1. The van der Waals surface area contributed by atoms with Crippen molar-refractivity contribution in [3.05, 3.63) is 58.9 Å². The van der Waals surface area contributed by atoms with Crippen molar-refractivity contribution in [2.75, 3.05) is 5.73 Å². The van der Waals surface area contributed by atoms with Gasteiger partial charge in [0.15, 0.2) is 0 Å². The molecular weight excluding hydrogens is 248 g/mol. The van der Waals surface area contributed by atoms with E-state index >= 15 is 0 Å². The van der Waals surface area contributed by atoms with Gasteiger partial charge in [0, 0.05) is 35.9 Å². The summed E-state index contributed by atoms with van der Waals surface area (Å²) in [5.41, 5.74) is 8.27. The third-order valence-corrected chi connectivity index (χ3v) is 3.18. The van der Waals surface area contributed by atoms with Crippen molar-refractivity contribution in [2.24, 2.45) is 0 Å². The summed E-state index contributed by atoms with van der Waals surface area (Å²) in [5, 5.41) is 10.7. The van der Waals surface area contributed by atoms with Crippen LogP contribution >= 0.6 is 11.6 Å². The van der Waals surface area contributed by atoms with Crippen LogP contribution < -0.4 is 5.73 Å². The summed E-state index contributed by atoms with van der Waals surface area (Å²) < 4.78 is 0. The first-order valence-corrected chi connectivity index (χ1v) is 6.14. The minimum Gasteiger partial charge on any atom is -0.398 e. The Balaban J connectivity index is 2.04. The van der Waals surface area contributed by atoms with Crippen LogP contribution in [0.2, 0.25) is 5.02 Å². The first-order valence-electron chi connectivity index (χ1n) is 5.76. The third kappa shape index (κ3) is 3.22. The van der Waals surface area contributed by atoms with Crippen LogP contribution in [0, 0.1) is 0 Å².